The lowest BCUT2D eigenvalue weighted by Gasteiger charge is -2.15. The van der Waals surface area contributed by atoms with Crippen LogP contribution in [0, 0.1) is 6.92 Å². The zero-order valence-electron chi connectivity index (χ0n) is 12.6. The molecule has 9 heteroatoms. The highest BCUT2D eigenvalue weighted by Crippen LogP contribution is 2.36. The number of methoxy groups -OCH3 is 1. The zero-order valence-corrected chi connectivity index (χ0v) is 15.8. The van der Waals surface area contributed by atoms with Crippen LogP contribution < -0.4 is 9.46 Å². The second kappa shape index (κ2) is 7.00. The summed E-state index contributed by atoms with van der Waals surface area (Å²) in [6.45, 7) is 1.66. The average molecular weight is 435 g/mol. The van der Waals surface area contributed by atoms with Gasteiger partial charge >= 0.3 is 5.97 Å². The topological polar surface area (TPSA) is 92.7 Å². The van der Waals surface area contributed by atoms with Crippen molar-refractivity contribution >= 4 is 49.2 Å². The molecule has 0 aliphatic carbocycles. The van der Waals surface area contributed by atoms with Crippen molar-refractivity contribution in [3.05, 3.63) is 51.0 Å². The van der Waals surface area contributed by atoms with E-state index in [9.17, 15) is 13.2 Å². The molecular weight excluding hydrogens is 422 g/mol. The SMILES string of the molecule is COc1c(Br)cc(Cl)cc1S(=O)(=O)Nc1cc(C(=O)O)ccc1C. The van der Waals surface area contributed by atoms with Crippen LogP contribution in [0.3, 0.4) is 0 Å². The van der Waals surface area contributed by atoms with Gasteiger partial charge in [-0.25, -0.2) is 13.2 Å². The van der Waals surface area contributed by atoms with Crippen molar-refractivity contribution in [1.82, 2.24) is 0 Å². The number of ether oxygens (including phenoxy) is 1. The highest BCUT2D eigenvalue weighted by atomic mass is 79.9. The molecule has 0 aliphatic heterocycles. The lowest BCUT2D eigenvalue weighted by Crippen LogP contribution is -2.15. The molecular formula is C15H13BrClNO5S. The van der Waals surface area contributed by atoms with Crippen molar-refractivity contribution in [2.75, 3.05) is 11.8 Å². The number of benzene rings is 2. The normalized spacial score (nSPS) is 11.2. The highest BCUT2D eigenvalue weighted by Gasteiger charge is 2.23. The predicted octanol–water partition coefficient (Wildman–Crippen LogP) is 3.92. The minimum Gasteiger partial charge on any atom is -0.494 e. The Hall–Kier alpha value is -1.77. The number of anilines is 1. The number of aryl methyl sites for hydroxylation is 1. The Kier molecular flexibility index (Phi) is 5.42. The van der Waals surface area contributed by atoms with Gasteiger partial charge in [-0.2, -0.15) is 0 Å². The van der Waals surface area contributed by atoms with Gasteiger partial charge in [0.25, 0.3) is 10.0 Å². The van der Waals surface area contributed by atoms with Crippen molar-refractivity contribution in [3.63, 3.8) is 0 Å². The number of carbonyl (C=O) groups is 1. The van der Waals surface area contributed by atoms with Crippen LogP contribution in [0.25, 0.3) is 0 Å². The fraction of sp³-hybridized carbons (Fsp3) is 0.133. The summed E-state index contributed by atoms with van der Waals surface area (Å²) in [6, 6.07) is 6.93. The van der Waals surface area contributed by atoms with Gasteiger partial charge in [-0.05, 0) is 52.7 Å². The van der Waals surface area contributed by atoms with E-state index in [4.69, 9.17) is 21.4 Å². The molecule has 0 radical (unpaired) electrons. The summed E-state index contributed by atoms with van der Waals surface area (Å²) in [5.41, 5.74) is 0.703. The number of halogens is 2. The molecule has 0 heterocycles. The number of nitrogens with one attached hydrogen (secondary N) is 1. The van der Waals surface area contributed by atoms with E-state index in [1.807, 2.05) is 0 Å². The first-order valence-electron chi connectivity index (χ1n) is 6.55. The monoisotopic (exact) mass is 433 g/mol. The van der Waals surface area contributed by atoms with E-state index in [-0.39, 0.29) is 26.9 Å². The summed E-state index contributed by atoms with van der Waals surface area (Å²) < 4.78 is 33.3. The first-order chi connectivity index (χ1) is 11.2. The molecule has 0 spiro atoms. The van der Waals surface area contributed by atoms with Crippen LogP contribution in [0.4, 0.5) is 5.69 Å². The third kappa shape index (κ3) is 3.82. The van der Waals surface area contributed by atoms with Crippen LogP contribution in [0.5, 0.6) is 5.75 Å². The Bertz CT molecular complexity index is 914. The second-order valence-electron chi connectivity index (χ2n) is 4.86. The molecule has 2 aromatic rings. The maximum Gasteiger partial charge on any atom is 0.335 e. The molecule has 2 N–H and O–H groups in total. The predicted molar refractivity (Wildman–Crippen MR) is 94.7 cm³/mol. The van der Waals surface area contributed by atoms with Crippen LogP contribution >= 0.6 is 27.5 Å². The van der Waals surface area contributed by atoms with E-state index >= 15 is 0 Å². The summed E-state index contributed by atoms with van der Waals surface area (Å²) in [5.74, 6) is -1.06. The van der Waals surface area contributed by atoms with Crippen molar-refractivity contribution in [2.45, 2.75) is 11.8 Å². The van der Waals surface area contributed by atoms with Gasteiger partial charge in [-0.1, -0.05) is 17.7 Å². The summed E-state index contributed by atoms with van der Waals surface area (Å²) >= 11 is 9.13. The van der Waals surface area contributed by atoms with Crippen LogP contribution in [-0.4, -0.2) is 26.6 Å². The van der Waals surface area contributed by atoms with Gasteiger partial charge in [-0.3, -0.25) is 4.72 Å². The largest absolute Gasteiger partial charge is 0.494 e. The number of carboxylic acids is 1. The van der Waals surface area contributed by atoms with Crippen LogP contribution in [-0.2, 0) is 10.0 Å². The highest BCUT2D eigenvalue weighted by molar-refractivity contribution is 9.10. The molecule has 128 valence electrons. The average Bonchev–Trinajstić information content (AvgIpc) is 2.48. The van der Waals surface area contributed by atoms with Crippen molar-refractivity contribution in [2.24, 2.45) is 0 Å². The molecule has 6 nitrogen and oxygen atoms in total. The number of carboxylic acid groups (broad SMARTS) is 1. The first-order valence-corrected chi connectivity index (χ1v) is 9.21. The second-order valence-corrected chi connectivity index (χ2v) is 7.80. The number of aromatic carboxylic acids is 1. The number of hydrogen-bond acceptors (Lipinski definition) is 4. The van der Waals surface area contributed by atoms with Gasteiger partial charge in [0.05, 0.1) is 22.8 Å². The van der Waals surface area contributed by atoms with Gasteiger partial charge < -0.3 is 9.84 Å². The Morgan fingerprint density at radius 1 is 1.29 bits per heavy atom. The molecule has 0 saturated heterocycles. The van der Waals surface area contributed by atoms with Crippen molar-refractivity contribution < 1.29 is 23.1 Å². The minimum atomic E-state index is -4.05. The lowest BCUT2D eigenvalue weighted by molar-refractivity contribution is 0.0697. The van der Waals surface area contributed by atoms with Gasteiger partial charge in [0.15, 0.2) is 5.75 Å². The van der Waals surface area contributed by atoms with Gasteiger partial charge in [-0.15, -0.1) is 0 Å². The molecule has 2 rings (SSSR count). The van der Waals surface area contributed by atoms with Gasteiger partial charge in [0.2, 0.25) is 0 Å². The summed E-state index contributed by atoms with van der Waals surface area (Å²) in [7, 11) is -2.71. The van der Waals surface area contributed by atoms with Gasteiger partial charge in [0.1, 0.15) is 4.90 Å². The number of sulfonamides is 1. The van der Waals surface area contributed by atoms with Crippen molar-refractivity contribution in [3.8, 4) is 5.75 Å². The van der Waals surface area contributed by atoms with E-state index in [1.54, 1.807) is 6.92 Å². The smallest absolute Gasteiger partial charge is 0.335 e. The van der Waals surface area contributed by atoms with E-state index in [2.05, 4.69) is 20.7 Å². The molecule has 0 saturated carbocycles. The standard InChI is InChI=1S/C15H13BrClNO5S/c1-8-3-4-9(15(19)20)5-12(8)18-24(21,22)13-7-10(17)6-11(16)14(13)23-2/h3-7,18H,1-2H3,(H,19,20). The van der Waals surface area contributed by atoms with E-state index in [0.717, 1.165) is 0 Å². The molecule has 0 bridgehead atoms. The molecule has 2 aromatic carbocycles. The molecule has 0 unspecified atom stereocenters. The third-order valence-corrected chi connectivity index (χ3v) is 5.37. The maximum absolute atomic E-state index is 12.7. The van der Waals surface area contributed by atoms with Crippen LogP contribution in [0.1, 0.15) is 15.9 Å². The fourth-order valence-electron chi connectivity index (χ4n) is 2.00. The quantitative estimate of drug-likeness (QED) is 0.744. The maximum atomic E-state index is 12.7. The molecule has 0 amide bonds. The van der Waals surface area contributed by atoms with Crippen molar-refractivity contribution in [1.29, 1.82) is 0 Å². The first kappa shape index (κ1) is 18.6. The van der Waals surface area contributed by atoms with Gasteiger partial charge in [0, 0.05) is 5.02 Å². The lowest BCUT2D eigenvalue weighted by atomic mass is 10.1. The molecule has 0 aliphatic rings. The summed E-state index contributed by atoms with van der Waals surface area (Å²) in [5, 5.41) is 9.26. The van der Waals surface area contributed by atoms with Crippen LogP contribution in [0.2, 0.25) is 5.02 Å². The van der Waals surface area contributed by atoms with E-state index in [1.165, 1.54) is 37.4 Å². The van der Waals surface area contributed by atoms with Crippen LogP contribution in [0.15, 0.2) is 39.7 Å². The number of hydrogen-bond donors (Lipinski definition) is 2. The molecule has 0 aromatic heterocycles. The Balaban J connectivity index is 2.54. The third-order valence-electron chi connectivity index (χ3n) is 3.20. The molecule has 24 heavy (non-hydrogen) atoms. The Labute approximate surface area is 152 Å². The fourth-order valence-corrected chi connectivity index (χ4v) is 4.51. The molecule has 0 fully saturated rings. The van der Waals surface area contributed by atoms with E-state index < -0.39 is 16.0 Å². The summed E-state index contributed by atoms with van der Waals surface area (Å²) in [4.78, 5) is 10.9. The Morgan fingerprint density at radius 2 is 1.96 bits per heavy atom. The minimum absolute atomic E-state index is 0.0301. The Morgan fingerprint density at radius 3 is 2.54 bits per heavy atom. The van der Waals surface area contributed by atoms with E-state index in [0.29, 0.717) is 10.0 Å². The number of rotatable bonds is 5. The molecule has 0 atom stereocenters. The zero-order chi connectivity index (χ0) is 18.1. The summed E-state index contributed by atoms with van der Waals surface area (Å²) in [6.07, 6.45) is 0.